The Hall–Kier alpha value is -4.45. The summed E-state index contributed by atoms with van der Waals surface area (Å²) in [7, 11) is -3.85. The van der Waals surface area contributed by atoms with E-state index in [9.17, 15) is 13.2 Å². The van der Waals surface area contributed by atoms with Crippen molar-refractivity contribution in [3.05, 3.63) is 108 Å². The Morgan fingerprint density at radius 1 is 0.918 bits per heavy atom. The number of piperazine rings is 1. The van der Waals surface area contributed by atoms with Crippen LogP contribution in [0.4, 0.5) is 10.7 Å². The summed E-state index contributed by atoms with van der Waals surface area (Å²) in [5.41, 5.74) is 2.63. The number of halogens is 1. The van der Waals surface area contributed by atoms with Crippen molar-refractivity contribution in [3.63, 3.8) is 0 Å². The van der Waals surface area contributed by atoms with Crippen LogP contribution >= 0.6 is 11.6 Å². The number of ether oxygens (including phenoxy) is 1. The third kappa shape index (κ3) is 7.44. The van der Waals surface area contributed by atoms with Gasteiger partial charge >= 0.3 is 6.09 Å². The quantitative estimate of drug-likeness (QED) is 0.177. The van der Waals surface area contributed by atoms with E-state index in [2.05, 4.69) is 15.2 Å². The molecule has 1 unspecified atom stereocenters. The number of amides is 1. The fraction of sp³-hybridized carbons (Fsp3) is 0.324. The molecule has 2 aromatic heterocycles. The summed E-state index contributed by atoms with van der Waals surface area (Å²) in [6, 6.07) is 25.7. The minimum atomic E-state index is -3.85. The van der Waals surface area contributed by atoms with E-state index in [4.69, 9.17) is 21.3 Å². The Morgan fingerprint density at radius 2 is 1.63 bits per heavy atom. The number of anilines is 1. The zero-order valence-corrected chi connectivity index (χ0v) is 28.7. The molecule has 2 fully saturated rings. The number of rotatable bonds is 9. The number of hydrogen-bond donors (Lipinski definition) is 1. The minimum Gasteiger partial charge on any atom is -0.445 e. The van der Waals surface area contributed by atoms with E-state index in [1.54, 1.807) is 53.7 Å². The molecule has 49 heavy (non-hydrogen) atoms. The molecule has 1 amide bonds. The van der Waals surface area contributed by atoms with Crippen LogP contribution in [0.1, 0.15) is 31.2 Å². The van der Waals surface area contributed by atoms with Crippen LogP contribution in [0.15, 0.2) is 102 Å². The van der Waals surface area contributed by atoms with Crippen LogP contribution < -0.4 is 5.32 Å². The molecule has 10 nitrogen and oxygen atoms in total. The van der Waals surface area contributed by atoms with Crippen molar-refractivity contribution < 1.29 is 17.9 Å². The lowest BCUT2D eigenvalue weighted by atomic mass is 9.85. The van der Waals surface area contributed by atoms with Crippen LogP contribution in [0.5, 0.6) is 0 Å². The van der Waals surface area contributed by atoms with Gasteiger partial charge in [-0.15, -0.1) is 0 Å². The van der Waals surface area contributed by atoms with E-state index in [-0.39, 0.29) is 23.6 Å². The van der Waals surface area contributed by atoms with Gasteiger partial charge in [-0.05, 0) is 48.9 Å². The Balaban J connectivity index is 0.992. The first kappa shape index (κ1) is 33.1. The highest BCUT2D eigenvalue weighted by Crippen LogP contribution is 2.36. The molecule has 1 saturated carbocycles. The van der Waals surface area contributed by atoms with Gasteiger partial charge in [-0.25, -0.2) is 27.2 Å². The summed E-state index contributed by atoms with van der Waals surface area (Å²) in [4.78, 5) is 26.4. The fourth-order valence-corrected chi connectivity index (χ4v) is 8.51. The monoisotopic (exact) mass is 698 g/mol. The molecule has 254 valence electrons. The summed E-state index contributed by atoms with van der Waals surface area (Å²) >= 11 is 6.67. The SMILES string of the molecule is O=C(OCc1ccccc1)N1CCN(C[C@H]2CCCC(Nc3ncc(Cl)c(-c4cn(S(=O)(=O)c5ccccc5)c5ccccc45)n3)C2)CC1. The number of nitrogens with one attached hydrogen (secondary N) is 1. The number of fused-ring (bicyclic) bond motifs is 1. The van der Waals surface area contributed by atoms with Crippen molar-refractivity contribution in [2.24, 2.45) is 5.92 Å². The first-order valence-electron chi connectivity index (χ1n) is 16.7. The highest BCUT2D eigenvalue weighted by atomic mass is 35.5. The second-order valence-electron chi connectivity index (χ2n) is 12.8. The molecular weight excluding hydrogens is 660 g/mol. The van der Waals surface area contributed by atoms with E-state index in [1.807, 2.05) is 48.5 Å². The zero-order chi connectivity index (χ0) is 33.8. The average molecular weight is 699 g/mol. The van der Waals surface area contributed by atoms with Crippen molar-refractivity contribution in [1.82, 2.24) is 23.7 Å². The molecule has 0 radical (unpaired) electrons. The van der Waals surface area contributed by atoms with Crippen LogP contribution in [0, 0.1) is 5.92 Å². The van der Waals surface area contributed by atoms with Crippen molar-refractivity contribution in [3.8, 4) is 11.3 Å². The van der Waals surface area contributed by atoms with Gasteiger partial charge in [0.1, 0.15) is 6.61 Å². The average Bonchev–Trinajstić information content (AvgIpc) is 3.53. The lowest BCUT2D eigenvalue weighted by Crippen LogP contribution is -2.50. The Kier molecular flexibility index (Phi) is 9.84. The highest BCUT2D eigenvalue weighted by molar-refractivity contribution is 7.90. The molecule has 0 spiro atoms. The summed E-state index contributed by atoms with van der Waals surface area (Å²) in [6.45, 7) is 4.24. The largest absolute Gasteiger partial charge is 0.445 e. The molecule has 1 saturated heterocycles. The second-order valence-corrected chi connectivity index (χ2v) is 15.0. The summed E-state index contributed by atoms with van der Waals surface area (Å²) in [5, 5.41) is 4.63. The maximum Gasteiger partial charge on any atom is 0.410 e. The third-order valence-electron chi connectivity index (χ3n) is 9.45. The van der Waals surface area contributed by atoms with Gasteiger partial charge in [-0.1, -0.05) is 84.8 Å². The van der Waals surface area contributed by atoms with E-state index in [1.165, 1.54) is 3.97 Å². The molecular formula is C37H39ClN6O4S. The normalized spacial score (nSPS) is 18.8. The van der Waals surface area contributed by atoms with Gasteiger partial charge in [0, 0.05) is 55.9 Å². The van der Waals surface area contributed by atoms with E-state index in [0.29, 0.717) is 46.8 Å². The predicted molar refractivity (Wildman–Crippen MR) is 191 cm³/mol. The van der Waals surface area contributed by atoms with Gasteiger partial charge in [0.05, 0.1) is 27.3 Å². The van der Waals surface area contributed by atoms with Crippen molar-refractivity contribution in [2.45, 2.75) is 43.2 Å². The number of hydrogen-bond acceptors (Lipinski definition) is 8. The number of carbonyl (C=O) groups excluding carboxylic acids is 1. The molecule has 7 rings (SSSR count). The van der Waals surface area contributed by atoms with Gasteiger partial charge in [0.25, 0.3) is 10.0 Å². The Morgan fingerprint density at radius 3 is 2.41 bits per heavy atom. The van der Waals surface area contributed by atoms with Gasteiger partial charge in [-0.2, -0.15) is 0 Å². The zero-order valence-electron chi connectivity index (χ0n) is 27.1. The van der Waals surface area contributed by atoms with E-state index >= 15 is 0 Å². The van der Waals surface area contributed by atoms with Crippen molar-refractivity contribution in [2.75, 3.05) is 38.0 Å². The number of para-hydroxylation sites is 1. The Bertz CT molecular complexity index is 2020. The number of nitrogens with zero attached hydrogens (tertiary/aromatic N) is 5. The molecule has 0 bridgehead atoms. The minimum absolute atomic E-state index is 0.196. The van der Waals surface area contributed by atoms with Gasteiger partial charge in [0.15, 0.2) is 0 Å². The molecule has 3 aromatic carbocycles. The molecule has 1 N–H and O–H groups in total. The smallest absolute Gasteiger partial charge is 0.410 e. The molecule has 2 atom stereocenters. The predicted octanol–water partition coefficient (Wildman–Crippen LogP) is 6.91. The van der Waals surface area contributed by atoms with Crippen LogP contribution in [0.2, 0.25) is 5.02 Å². The molecule has 2 aliphatic rings. The van der Waals surface area contributed by atoms with Crippen LogP contribution in [-0.4, -0.2) is 77.0 Å². The highest BCUT2D eigenvalue weighted by Gasteiger charge is 2.28. The number of carbonyl (C=O) groups is 1. The fourth-order valence-electron chi connectivity index (χ4n) is 6.93. The summed E-state index contributed by atoms with van der Waals surface area (Å²) in [5.74, 6) is 0.978. The van der Waals surface area contributed by atoms with Crippen molar-refractivity contribution >= 4 is 44.6 Å². The maximum atomic E-state index is 13.7. The lowest BCUT2D eigenvalue weighted by molar-refractivity contribution is 0.0656. The molecule has 5 aromatic rings. The van der Waals surface area contributed by atoms with Gasteiger partial charge < -0.3 is 15.0 Å². The molecule has 3 heterocycles. The van der Waals surface area contributed by atoms with Gasteiger partial charge in [-0.3, -0.25) is 4.90 Å². The van der Waals surface area contributed by atoms with E-state index in [0.717, 1.165) is 56.3 Å². The number of benzene rings is 3. The van der Waals surface area contributed by atoms with Gasteiger partial charge in [0.2, 0.25) is 5.95 Å². The topological polar surface area (TPSA) is 110 Å². The maximum absolute atomic E-state index is 13.7. The second kappa shape index (κ2) is 14.6. The molecule has 1 aliphatic carbocycles. The van der Waals surface area contributed by atoms with Crippen LogP contribution in [0.25, 0.3) is 22.2 Å². The summed E-state index contributed by atoms with van der Waals surface area (Å²) < 4.78 is 34.2. The first-order chi connectivity index (χ1) is 23.8. The Labute approximate surface area is 291 Å². The molecule has 1 aliphatic heterocycles. The van der Waals surface area contributed by atoms with E-state index < -0.39 is 10.0 Å². The lowest BCUT2D eigenvalue weighted by Gasteiger charge is -2.38. The van der Waals surface area contributed by atoms with Crippen LogP contribution in [-0.2, 0) is 21.4 Å². The molecule has 12 heteroatoms. The standard InChI is InChI=1S/C37H39ClN6O4S/c38-33-23-39-36(41-35(33)32-25-44(34-17-8-7-16-31(32)34)49(46,47)30-14-5-2-6-15-30)40-29-13-9-12-28(22-29)24-42-18-20-43(21-19-42)37(45)48-26-27-10-3-1-4-11-27/h1-8,10-11,14-17,23,25,28-29H,9,12-13,18-22,24,26H2,(H,39,40,41)/t28-,29?/m0/s1. The number of aromatic nitrogens is 3. The van der Waals surface area contributed by atoms with Crippen molar-refractivity contribution in [1.29, 1.82) is 0 Å². The van der Waals surface area contributed by atoms with Crippen LogP contribution in [0.3, 0.4) is 0 Å². The summed E-state index contributed by atoms with van der Waals surface area (Å²) in [6.07, 6.45) is 7.16. The first-order valence-corrected chi connectivity index (χ1v) is 18.5. The third-order valence-corrected chi connectivity index (χ3v) is 11.4.